The zero-order chi connectivity index (χ0) is 17.9. The topological polar surface area (TPSA) is 53.0 Å². The molecule has 1 aromatic rings. The van der Waals surface area contributed by atoms with Gasteiger partial charge in [0.1, 0.15) is 18.0 Å². The van der Waals surface area contributed by atoms with Gasteiger partial charge in [-0.15, -0.1) is 0 Å². The first-order chi connectivity index (χ1) is 12.0. The van der Waals surface area contributed by atoms with E-state index in [0.29, 0.717) is 36.3 Å². The molecule has 6 heteroatoms. The number of ether oxygens (including phenoxy) is 1. The van der Waals surface area contributed by atoms with Crippen molar-refractivity contribution in [2.75, 3.05) is 32.8 Å². The summed E-state index contributed by atoms with van der Waals surface area (Å²) in [5.41, 5.74) is -0.779. The van der Waals surface area contributed by atoms with Crippen molar-refractivity contribution in [2.24, 2.45) is 0 Å². The minimum Gasteiger partial charge on any atom is -0.491 e. The molecule has 0 saturated carbocycles. The Morgan fingerprint density at radius 2 is 1.96 bits per heavy atom. The highest BCUT2D eigenvalue weighted by Crippen LogP contribution is 2.28. The van der Waals surface area contributed by atoms with Crippen molar-refractivity contribution in [3.8, 4) is 5.75 Å². The number of piperidine rings is 2. The lowest BCUT2D eigenvalue weighted by atomic mass is 9.90. The molecule has 1 N–H and O–H groups in total. The molecule has 25 heavy (non-hydrogen) atoms. The molecular formula is C19H27ClN2O3. The van der Waals surface area contributed by atoms with Crippen LogP contribution in [0.1, 0.15) is 32.6 Å². The van der Waals surface area contributed by atoms with E-state index in [1.807, 2.05) is 17.0 Å². The van der Waals surface area contributed by atoms with Crippen LogP contribution in [-0.4, -0.2) is 65.2 Å². The molecule has 1 aromatic carbocycles. The Morgan fingerprint density at radius 1 is 1.28 bits per heavy atom. The number of nitrogens with zero attached hydrogens (tertiary/aromatic N) is 2. The molecule has 0 unspecified atom stereocenters. The average molecular weight is 367 g/mol. The van der Waals surface area contributed by atoms with Crippen LogP contribution in [0.3, 0.4) is 0 Å². The second-order valence-corrected chi connectivity index (χ2v) is 7.68. The molecular weight excluding hydrogens is 340 g/mol. The summed E-state index contributed by atoms with van der Waals surface area (Å²) in [7, 11) is 0. The number of carbonyl (C=O) groups is 1. The quantitative estimate of drug-likeness (QED) is 0.889. The van der Waals surface area contributed by atoms with Gasteiger partial charge in [-0.05, 0) is 43.9 Å². The summed E-state index contributed by atoms with van der Waals surface area (Å²) in [6.07, 6.45) is 3.47. The van der Waals surface area contributed by atoms with Crippen LogP contribution in [0, 0.1) is 0 Å². The summed E-state index contributed by atoms with van der Waals surface area (Å²) in [6, 6.07) is 7.79. The van der Waals surface area contributed by atoms with Crippen LogP contribution in [0.5, 0.6) is 5.75 Å². The number of benzene rings is 1. The van der Waals surface area contributed by atoms with Crippen LogP contribution in [-0.2, 0) is 4.79 Å². The molecule has 0 spiro atoms. The highest BCUT2D eigenvalue weighted by Gasteiger charge is 2.36. The maximum atomic E-state index is 11.4. The first-order valence-electron chi connectivity index (χ1n) is 9.05. The van der Waals surface area contributed by atoms with Crippen LogP contribution in [0.2, 0.25) is 5.02 Å². The smallest absolute Gasteiger partial charge is 0.219 e. The number of likely N-dealkylation sites (tertiary alicyclic amines) is 2. The molecule has 0 aromatic heterocycles. The normalized spacial score (nSPS) is 22.0. The van der Waals surface area contributed by atoms with Crippen molar-refractivity contribution in [3.05, 3.63) is 29.3 Å². The summed E-state index contributed by atoms with van der Waals surface area (Å²) in [4.78, 5) is 15.8. The lowest BCUT2D eigenvalue weighted by Gasteiger charge is -2.44. The van der Waals surface area contributed by atoms with Crippen molar-refractivity contribution in [2.45, 2.75) is 44.2 Å². The molecule has 0 radical (unpaired) electrons. The van der Waals surface area contributed by atoms with Crippen LogP contribution in [0.4, 0.5) is 0 Å². The second kappa shape index (κ2) is 7.94. The van der Waals surface area contributed by atoms with E-state index < -0.39 is 5.60 Å². The van der Waals surface area contributed by atoms with Crippen LogP contribution in [0.15, 0.2) is 24.3 Å². The number of rotatable bonds is 4. The third-order valence-electron chi connectivity index (χ3n) is 5.46. The molecule has 3 rings (SSSR count). The van der Waals surface area contributed by atoms with E-state index in [4.69, 9.17) is 16.3 Å². The Bertz CT molecular complexity index is 594. The van der Waals surface area contributed by atoms with E-state index in [2.05, 4.69) is 4.90 Å². The van der Waals surface area contributed by atoms with Gasteiger partial charge >= 0.3 is 0 Å². The molecule has 138 valence electrons. The summed E-state index contributed by atoms with van der Waals surface area (Å²) in [5.74, 6) is 0.865. The van der Waals surface area contributed by atoms with Crippen molar-refractivity contribution in [3.63, 3.8) is 0 Å². The predicted octanol–water partition coefficient (Wildman–Crippen LogP) is 2.56. The molecule has 2 aliphatic heterocycles. The molecule has 5 nitrogen and oxygen atoms in total. The number of aliphatic hydroxyl groups is 1. The Morgan fingerprint density at radius 3 is 2.56 bits per heavy atom. The van der Waals surface area contributed by atoms with Gasteiger partial charge in [0, 0.05) is 44.2 Å². The highest BCUT2D eigenvalue weighted by molar-refractivity contribution is 6.30. The van der Waals surface area contributed by atoms with Crippen molar-refractivity contribution >= 4 is 17.5 Å². The summed E-state index contributed by atoms with van der Waals surface area (Å²) >= 11 is 5.96. The summed E-state index contributed by atoms with van der Waals surface area (Å²) in [5, 5.41) is 11.4. The van der Waals surface area contributed by atoms with Crippen molar-refractivity contribution in [1.82, 2.24) is 9.80 Å². The second-order valence-electron chi connectivity index (χ2n) is 7.24. The maximum absolute atomic E-state index is 11.4. The van der Waals surface area contributed by atoms with E-state index in [-0.39, 0.29) is 5.91 Å². The van der Waals surface area contributed by atoms with E-state index in [1.54, 1.807) is 19.1 Å². The van der Waals surface area contributed by atoms with Gasteiger partial charge in [0.2, 0.25) is 5.91 Å². The molecule has 0 aliphatic carbocycles. The Hall–Kier alpha value is -1.30. The molecule has 0 atom stereocenters. The third kappa shape index (κ3) is 4.87. The molecule has 2 aliphatic rings. The lowest BCUT2D eigenvalue weighted by Crippen LogP contribution is -2.53. The first-order valence-corrected chi connectivity index (χ1v) is 9.43. The Balaban J connectivity index is 1.45. The van der Waals surface area contributed by atoms with Crippen molar-refractivity contribution < 1.29 is 14.6 Å². The van der Waals surface area contributed by atoms with Crippen LogP contribution < -0.4 is 4.74 Å². The minimum atomic E-state index is -0.779. The van der Waals surface area contributed by atoms with Gasteiger partial charge in [-0.25, -0.2) is 0 Å². The molecule has 2 fully saturated rings. The summed E-state index contributed by atoms with van der Waals surface area (Å²) in [6.45, 7) is 5.38. The predicted molar refractivity (Wildman–Crippen MR) is 98.0 cm³/mol. The number of halogens is 1. The fourth-order valence-corrected chi connectivity index (χ4v) is 3.95. The number of carbonyl (C=O) groups excluding carboxylic acids is 1. The monoisotopic (exact) mass is 366 g/mol. The van der Waals surface area contributed by atoms with Gasteiger partial charge in [-0.3, -0.25) is 4.79 Å². The van der Waals surface area contributed by atoms with E-state index >= 15 is 0 Å². The molecule has 2 heterocycles. The van der Waals surface area contributed by atoms with Crippen LogP contribution >= 0.6 is 11.6 Å². The van der Waals surface area contributed by atoms with Gasteiger partial charge in [0.15, 0.2) is 0 Å². The Kier molecular flexibility index (Phi) is 5.87. The molecule has 2 saturated heterocycles. The Labute approximate surface area is 154 Å². The minimum absolute atomic E-state index is 0.171. The van der Waals surface area contributed by atoms with Gasteiger partial charge < -0.3 is 19.6 Å². The first kappa shape index (κ1) is 18.5. The van der Waals surface area contributed by atoms with E-state index in [0.717, 1.165) is 39.0 Å². The molecule has 0 bridgehead atoms. The number of hydrogen-bond donors (Lipinski definition) is 1. The number of amides is 1. The molecule has 1 amide bonds. The van der Waals surface area contributed by atoms with Crippen molar-refractivity contribution in [1.29, 1.82) is 0 Å². The fourth-order valence-electron chi connectivity index (χ4n) is 3.77. The lowest BCUT2D eigenvalue weighted by molar-refractivity contribution is -0.130. The third-order valence-corrected chi connectivity index (χ3v) is 5.69. The number of hydrogen-bond acceptors (Lipinski definition) is 4. The van der Waals surface area contributed by atoms with Gasteiger partial charge in [-0.2, -0.15) is 0 Å². The van der Waals surface area contributed by atoms with Crippen LogP contribution in [0.25, 0.3) is 0 Å². The largest absolute Gasteiger partial charge is 0.491 e. The van der Waals surface area contributed by atoms with Gasteiger partial charge in [0.05, 0.1) is 0 Å². The van der Waals surface area contributed by atoms with Gasteiger partial charge in [0.25, 0.3) is 0 Å². The highest BCUT2D eigenvalue weighted by atomic mass is 35.5. The average Bonchev–Trinajstić information content (AvgIpc) is 2.61. The SMILES string of the molecule is CC(=O)N1CCC(N2CCC(O)(COc3cccc(Cl)c3)CC2)CC1. The zero-order valence-electron chi connectivity index (χ0n) is 14.8. The van der Waals surface area contributed by atoms with Gasteiger partial charge in [-0.1, -0.05) is 17.7 Å². The van der Waals surface area contributed by atoms with E-state index in [9.17, 15) is 9.90 Å². The van der Waals surface area contributed by atoms with E-state index in [1.165, 1.54) is 0 Å². The standard InChI is InChI=1S/C19H27ClN2O3/c1-15(23)21-9-5-17(6-10-21)22-11-7-19(24,8-12-22)14-25-18-4-2-3-16(20)13-18/h2-4,13,17,24H,5-12,14H2,1H3. The fraction of sp³-hybridized carbons (Fsp3) is 0.632. The zero-order valence-corrected chi connectivity index (χ0v) is 15.5. The summed E-state index contributed by atoms with van der Waals surface area (Å²) < 4.78 is 5.75. The maximum Gasteiger partial charge on any atom is 0.219 e.